The zero-order valence-electron chi connectivity index (χ0n) is 13.6. The first-order valence-electron chi connectivity index (χ1n) is 8.91. The van der Waals surface area contributed by atoms with Crippen LogP contribution in [0.5, 0.6) is 0 Å². The molecular formula is C20H30P. The van der Waals surface area contributed by atoms with Gasteiger partial charge in [-0.3, -0.25) is 0 Å². The monoisotopic (exact) mass is 301 g/mol. The van der Waals surface area contributed by atoms with E-state index in [9.17, 15) is 0 Å². The molecule has 115 valence electrons. The number of rotatable bonds is 11. The van der Waals surface area contributed by atoms with Crippen LogP contribution in [-0.2, 0) is 0 Å². The van der Waals surface area contributed by atoms with Gasteiger partial charge in [0.15, 0.2) is 0 Å². The Labute approximate surface area is 132 Å². The third kappa shape index (κ3) is 5.95. The second kappa shape index (κ2) is 10.2. The molecule has 0 bridgehead atoms. The van der Waals surface area contributed by atoms with E-state index in [2.05, 4.69) is 37.0 Å². The quantitative estimate of drug-likeness (QED) is 0.358. The summed E-state index contributed by atoms with van der Waals surface area (Å²) in [5.41, 5.74) is 0. The largest absolute Gasteiger partial charge is 0.0654 e. The van der Waals surface area contributed by atoms with Crippen molar-refractivity contribution in [3.63, 3.8) is 0 Å². The van der Waals surface area contributed by atoms with E-state index in [1.165, 1.54) is 89.6 Å². The van der Waals surface area contributed by atoms with Crippen LogP contribution in [0, 0.1) is 0 Å². The van der Waals surface area contributed by atoms with Crippen molar-refractivity contribution < 1.29 is 0 Å². The fourth-order valence-electron chi connectivity index (χ4n) is 3.07. The molecule has 0 amide bonds. The van der Waals surface area contributed by atoms with Crippen molar-refractivity contribution in [2.24, 2.45) is 0 Å². The Kier molecular flexibility index (Phi) is 8.12. The highest BCUT2D eigenvalue weighted by molar-refractivity contribution is 7.58. The third-order valence-electron chi connectivity index (χ3n) is 4.40. The van der Waals surface area contributed by atoms with Crippen LogP contribution in [0.2, 0.25) is 0 Å². The second-order valence-corrected chi connectivity index (χ2v) is 7.28. The summed E-state index contributed by atoms with van der Waals surface area (Å²) in [6.45, 7) is 2.29. The van der Waals surface area contributed by atoms with Crippen molar-refractivity contribution in [1.82, 2.24) is 0 Å². The Bertz CT molecular complexity index is 515. The van der Waals surface area contributed by atoms with E-state index in [1.807, 2.05) is 0 Å². The summed E-state index contributed by atoms with van der Waals surface area (Å²) in [7, 11) is 1.44. The van der Waals surface area contributed by atoms with Gasteiger partial charge in [0.25, 0.3) is 0 Å². The maximum Gasteiger partial charge on any atom is -0.0140 e. The first kappa shape index (κ1) is 16.8. The van der Waals surface area contributed by atoms with Crippen LogP contribution in [0.3, 0.4) is 0 Å². The van der Waals surface area contributed by atoms with Gasteiger partial charge in [-0.15, -0.1) is 0 Å². The average Bonchev–Trinajstić information content (AvgIpc) is 2.92. The predicted molar refractivity (Wildman–Crippen MR) is 96.9 cm³/mol. The van der Waals surface area contributed by atoms with Crippen molar-refractivity contribution in [2.45, 2.75) is 77.6 Å². The van der Waals surface area contributed by atoms with Crippen LogP contribution in [-0.4, -0.2) is 0 Å². The van der Waals surface area contributed by atoms with Gasteiger partial charge >= 0.3 is 0 Å². The number of hydrogen-bond donors (Lipinski definition) is 0. The van der Waals surface area contributed by atoms with Crippen LogP contribution < -0.4 is 10.4 Å². The van der Waals surface area contributed by atoms with Crippen LogP contribution in [0.1, 0.15) is 77.6 Å². The number of hydrogen-bond acceptors (Lipinski definition) is 0. The Morgan fingerprint density at radius 2 is 1.38 bits per heavy atom. The summed E-state index contributed by atoms with van der Waals surface area (Å²) in [5, 5.41) is 4.60. The van der Waals surface area contributed by atoms with E-state index in [4.69, 9.17) is 0 Å². The van der Waals surface area contributed by atoms with Gasteiger partial charge in [0, 0.05) is 0 Å². The first-order chi connectivity index (χ1) is 10.4. The van der Waals surface area contributed by atoms with Gasteiger partial charge in [0.1, 0.15) is 0 Å². The number of fused-ring (bicyclic) bond motifs is 1. The number of unbranched alkanes of at least 4 members (excludes halogenated alkanes) is 9. The third-order valence-corrected chi connectivity index (χ3v) is 5.58. The molecule has 0 saturated carbocycles. The minimum atomic E-state index is 1.30. The van der Waals surface area contributed by atoms with Crippen molar-refractivity contribution in [3.8, 4) is 0 Å². The fourth-order valence-corrected chi connectivity index (χ4v) is 4.22. The van der Waals surface area contributed by atoms with Crippen molar-refractivity contribution >= 4 is 19.7 Å². The molecule has 1 aromatic rings. The standard InChI is InChI=1S/C20H30P/c1-2-3-4-5-6-7-8-9-10-11-16-20-19-15-13-12-14-18(19)17-21-20/h12-15,17H,2-11,16H2,1H3. The topological polar surface area (TPSA) is 0 Å². The highest BCUT2D eigenvalue weighted by Crippen LogP contribution is 2.32. The van der Waals surface area contributed by atoms with Gasteiger partial charge in [-0.05, 0) is 43.0 Å². The maximum atomic E-state index is 2.36. The van der Waals surface area contributed by atoms with Crippen molar-refractivity contribution in [1.29, 1.82) is 0 Å². The summed E-state index contributed by atoms with van der Waals surface area (Å²) in [5.74, 6) is 2.36. The molecule has 0 atom stereocenters. The normalized spacial score (nSPS) is 14.4. The van der Waals surface area contributed by atoms with Crippen molar-refractivity contribution in [2.75, 3.05) is 0 Å². The van der Waals surface area contributed by atoms with Crippen molar-refractivity contribution in [3.05, 3.63) is 34.7 Å². The van der Waals surface area contributed by atoms with Crippen LogP contribution >= 0.6 is 8.58 Å². The summed E-state index contributed by atoms with van der Waals surface area (Å²) < 4.78 is 0. The van der Waals surface area contributed by atoms with Gasteiger partial charge in [0.2, 0.25) is 0 Å². The van der Waals surface area contributed by atoms with Gasteiger partial charge < -0.3 is 0 Å². The minimum Gasteiger partial charge on any atom is -0.0654 e. The summed E-state index contributed by atoms with van der Waals surface area (Å²) >= 11 is 0. The Balaban J connectivity index is 1.53. The van der Waals surface area contributed by atoms with Gasteiger partial charge in [-0.1, -0.05) is 89.0 Å². The molecule has 0 fully saturated rings. The average molecular weight is 301 g/mol. The predicted octanol–water partition coefficient (Wildman–Crippen LogP) is 5.80. The molecule has 2 rings (SSSR count). The fraction of sp³-hybridized carbons (Fsp3) is 0.600. The molecule has 1 aliphatic heterocycles. The zero-order chi connectivity index (χ0) is 14.8. The van der Waals surface area contributed by atoms with Gasteiger partial charge in [-0.25, -0.2) is 0 Å². The van der Waals surface area contributed by atoms with Crippen LogP contribution in [0.15, 0.2) is 24.3 Å². The molecule has 1 aliphatic rings. The second-order valence-electron chi connectivity index (χ2n) is 6.22. The summed E-state index contributed by atoms with van der Waals surface area (Å²) in [6.07, 6.45) is 15.6. The van der Waals surface area contributed by atoms with Gasteiger partial charge in [0.05, 0.1) is 0 Å². The SMILES string of the molecule is CCCCCCCCCCCCC1=c2ccccc2=C[P]1. The smallest absolute Gasteiger partial charge is 0.0140 e. The van der Waals surface area contributed by atoms with E-state index >= 15 is 0 Å². The molecule has 1 heterocycles. The molecule has 1 radical (unpaired) electrons. The first-order valence-corrected chi connectivity index (χ1v) is 9.87. The summed E-state index contributed by atoms with van der Waals surface area (Å²) in [4.78, 5) is 0. The lowest BCUT2D eigenvalue weighted by atomic mass is 10.1. The Morgan fingerprint density at radius 3 is 2.10 bits per heavy atom. The highest BCUT2D eigenvalue weighted by Gasteiger charge is 2.05. The molecule has 0 aromatic heterocycles. The Morgan fingerprint density at radius 1 is 0.762 bits per heavy atom. The summed E-state index contributed by atoms with van der Waals surface area (Å²) in [6, 6.07) is 8.85. The van der Waals surface area contributed by atoms with E-state index < -0.39 is 0 Å². The van der Waals surface area contributed by atoms with E-state index in [1.54, 1.807) is 5.31 Å². The van der Waals surface area contributed by atoms with E-state index in [0.29, 0.717) is 0 Å². The molecule has 21 heavy (non-hydrogen) atoms. The molecule has 0 nitrogen and oxygen atoms in total. The minimum absolute atomic E-state index is 1.30. The lowest BCUT2D eigenvalue weighted by Gasteiger charge is -2.03. The van der Waals surface area contributed by atoms with Crippen LogP contribution in [0.25, 0.3) is 11.1 Å². The molecular weight excluding hydrogens is 271 g/mol. The molecule has 1 heteroatoms. The molecule has 0 aliphatic carbocycles. The highest BCUT2D eigenvalue weighted by atomic mass is 31.1. The molecule has 1 aromatic carbocycles. The molecule has 0 saturated heterocycles. The molecule has 0 N–H and O–H groups in total. The molecule has 0 unspecified atom stereocenters. The Hall–Kier alpha value is -0.610. The number of benzene rings is 1. The lowest BCUT2D eigenvalue weighted by molar-refractivity contribution is 0.559. The lowest BCUT2D eigenvalue weighted by Crippen LogP contribution is -2.21. The molecule has 0 spiro atoms. The zero-order valence-corrected chi connectivity index (χ0v) is 14.5. The van der Waals surface area contributed by atoms with Gasteiger partial charge in [-0.2, -0.15) is 0 Å². The van der Waals surface area contributed by atoms with Crippen LogP contribution in [0.4, 0.5) is 0 Å². The van der Waals surface area contributed by atoms with E-state index in [-0.39, 0.29) is 0 Å². The van der Waals surface area contributed by atoms with E-state index in [0.717, 1.165) is 0 Å². The maximum absolute atomic E-state index is 2.36.